The van der Waals surface area contributed by atoms with Crippen LogP contribution in [0.4, 0.5) is 0 Å². The molecule has 0 aliphatic carbocycles. The lowest BCUT2D eigenvalue weighted by Crippen LogP contribution is -2.36. The summed E-state index contributed by atoms with van der Waals surface area (Å²) in [7, 11) is 0. The maximum Gasteiger partial charge on any atom is 0.222 e. The van der Waals surface area contributed by atoms with E-state index in [1.165, 1.54) is 11.3 Å². The topological polar surface area (TPSA) is 47.4 Å². The maximum absolute atomic E-state index is 11.9. The Balaban J connectivity index is 1.85. The van der Waals surface area contributed by atoms with Crippen LogP contribution in [0.15, 0.2) is 0 Å². The van der Waals surface area contributed by atoms with Crippen LogP contribution in [0, 0.1) is 6.92 Å². The van der Waals surface area contributed by atoms with Gasteiger partial charge in [-0.3, -0.25) is 9.48 Å². The molecule has 1 aromatic rings. The summed E-state index contributed by atoms with van der Waals surface area (Å²) in [6, 6.07) is 0.472. The molecular formula is C15H23N3O2. The normalized spacial score (nSPS) is 20.0. The third kappa shape index (κ3) is 2.35. The molecule has 0 unspecified atom stereocenters. The maximum atomic E-state index is 11.9. The van der Waals surface area contributed by atoms with Crippen molar-refractivity contribution in [3.8, 4) is 0 Å². The highest BCUT2D eigenvalue weighted by Crippen LogP contribution is 2.29. The zero-order valence-corrected chi connectivity index (χ0v) is 12.4. The summed E-state index contributed by atoms with van der Waals surface area (Å²) >= 11 is 0. The van der Waals surface area contributed by atoms with Crippen LogP contribution in [0.3, 0.4) is 0 Å². The quantitative estimate of drug-likeness (QED) is 0.828. The monoisotopic (exact) mass is 277 g/mol. The summed E-state index contributed by atoms with van der Waals surface area (Å²) in [5.41, 5.74) is 3.69. The van der Waals surface area contributed by atoms with Crippen molar-refractivity contribution in [2.24, 2.45) is 0 Å². The van der Waals surface area contributed by atoms with Crippen molar-refractivity contribution >= 4 is 5.91 Å². The molecule has 5 heteroatoms. The highest BCUT2D eigenvalue weighted by atomic mass is 16.5. The smallest absolute Gasteiger partial charge is 0.222 e. The van der Waals surface area contributed by atoms with E-state index in [9.17, 15) is 4.79 Å². The van der Waals surface area contributed by atoms with Crippen molar-refractivity contribution in [3.05, 3.63) is 17.0 Å². The Labute approximate surface area is 119 Å². The average molecular weight is 277 g/mol. The predicted octanol–water partition coefficient (Wildman–Crippen LogP) is 1.84. The summed E-state index contributed by atoms with van der Waals surface area (Å²) in [5.74, 6) is 0.244. The Bertz CT molecular complexity index is 503. The van der Waals surface area contributed by atoms with Crippen molar-refractivity contribution in [3.63, 3.8) is 0 Å². The Morgan fingerprint density at radius 3 is 2.85 bits per heavy atom. The SMILES string of the molecule is CCC(=O)N1CCc2c(c(C)nn2C2CCOCC2)C1. The molecular weight excluding hydrogens is 254 g/mol. The van der Waals surface area contributed by atoms with Crippen molar-refractivity contribution in [2.75, 3.05) is 19.8 Å². The summed E-state index contributed by atoms with van der Waals surface area (Å²) in [6.45, 7) is 7.22. The molecule has 0 atom stereocenters. The number of aryl methyl sites for hydroxylation is 1. The average Bonchev–Trinajstić information content (AvgIpc) is 2.84. The van der Waals surface area contributed by atoms with E-state index in [0.717, 1.165) is 51.3 Å². The van der Waals surface area contributed by atoms with Gasteiger partial charge in [-0.25, -0.2) is 0 Å². The standard InChI is InChI=1S/C15H23N3O2/c1-3-15(19)17-7-4-14-13(10-17)11(2)16-18(14)12-5-8-20-9-6-12/h12H,3-10H2,1-2H3. The van der Waals surface area contributed by atoms with Crippen LogP contribution in [-0.2, 0) is 22.5 Å². The summed E-state index contributed by atoms with van der Waals surface area (Å²) in [6.07, 6.45) is 3.61. The number of amides is 1. The number of hydrogen-bond acceptors (Lipinski definition) is 3. The van der Waals surface area contributed by atoms with Gasteiger partial charge in [-0.05, 0) is 19.8 Å². The van der Waals surface area contributed by atoms with Gasteiger partial charge >= 0.3 is 0 Å². The number of aromatic nitrogens is 2. The molecule has 110 valence electrons. The van der Waals surface area contributed by atoms with Crippen LogP contribution in [0.2, 0.25) is 0 Å². The molecule has 0 saturated carbocycles. The van der Waals surface area contributed by atoms with E-state index < -0.39 is 0 Å². The molecule has 1 aromatic heterocycles. The Morgan fingerprint density at radius 2 is 2.15 bits per heavy atom. The molecule has 0 radical (unpaired) electrons. The zero-order valence-electron chi connectivity index (χ0n) is 12.4. The fourth-order valence-corrected chi connectivity index (χ4v) is 3.28. The minimum atomic E-state index is 0.244. The third-order valence-electron chi connectivity index (χ3n) is 4.48. The van der Waals surface area contributed by atoms with Crippen LogP contribution >= 0.6 is 0 Å². The van der Waals surface area contributed by atoms with Crippen LogP contribution in [-0.4, -0.2) is 40.3 Å². The number of rotatable bonds is 2. The molecule has 3 heterocycles. The fraction of sp³-hybridized carbons (Fsp3) is 0.733. The number of fused-ring (bicyclic) bond motifs is 1. The molecule has 2 aliphatic heterocycles. The molecule has 0 spiro atoms. The van der Waals surface area contributed by atoms with Crippen molar-refractivity contribution in [1.82, 2.24) is 14.7 Å². The van der Waals surface area contributed by atoms with E-state index in [2.05, 4.69) is 11.6 Å². The molecule has 3 rings (SSSR count). The molecule has 0 N–H and O–H groups in total. The van der Waals surface area contributed by atoms with Crippen LogP contribution < -0.4 is 0 Å². The van der Waals surface area contributed by atoms with Gasteiger partial charge in [-0.1, -0.05) is 6.92 Å². The van der Waals surface area contributed by atoms with Gasteiger partial charge in [0, 0.05) is 50.4 Å². The molecule has 1 fully saturated rings. The Hall–Kier alpha value is -1.36. The van der Waals surface area contributed by atoms with E-state index in [0.29, 0.717) is 12.5 Å². The number of ether oxygens (including phenoxy) is 1. The molecule has 5 nitrogen and oxygen atoms in total. The summed E-state index contributed by atoms with van der Waals surface area (Å²) in [5, 5.41) is 4.76. The highest BCUT2D eigenvalue weighted by molar-refractivity contribution is 5.76. The molecule has 1 amide bonds. The predicted molar refractivity (Wildman–Crippen MR) is 75.5 cm³/mol. The second-order valence-electron chi connectivity index (χ2n) is 5.72. The van der Waals surface area contributed by atoms with Crippen molar-refractivity contribution in [2.45, 2.75) is 52.1 Å². The van der Waals surface area contributed by atoms with Crippen LogP contribution in [0.1, 0.15) is 49.2 Å². The van der Waals surface area contributed by atoms with E-state index in [1.807, 2.05) is 11.8 Å². The molecule has 2 aliphatic rings. The minimum absolute atomic E-state index is 0.244. The molecule has 0 aromatic carbocycles. The van der Waals surface area contributed by atoms with Gasteiger partial charge in [0.15, 0.2) is 0 Å². The van der Waals surface area contributed by atoms with Gasteiger partial charge in [0.1, 0.15) is 0 Å². The number of carbonyl (C=O) groups is 1. The van der Waals surface area contributed by atoms with Gasteiger partial charge in [-0.2, -0.15) is 5.10 Å². The van der Waals surface area contributed by atoms with E-state index in [1.54, 1.807) is 0 Å². The number of hydrogen-bond donors (Lipinski definition) is 0. The van der Waals surface area contributed by atoms with E-state index >= 15 is 0 Å². The zero-order chi connectivity index (χ0) is 14.1. The lowest BCUT2D eigenvalue weighted by Gasteiger charge is -2.30. The lowest BCUT2D eigenvalue weighted by atomic mass is 10.0. The van der Waals surface area contributed by atoms with E-state index in [-0.39, 0.29) is 5.91 Å². The third-order valence-corrected chi connectivity index (χ3v) is 4.48. The molecule has 0 bridgehead atoms. The first-order valence-corrected chi connectivity index (χ1v) is 7.63. The van der Waals surface area contributed by atoms with Crippen LogP contribution in [0.25, 0.3) is 0 Å². The fourth-order valence-electron chi connectivity index (χ4n) is 3.28. The summed E-state index contributed by atoms with van der Waals surface area (Å²) in [4.78, 5) is 13.8. The summed E-state index contributed by atoms with van der Waals surface area (Å²) < 4.78 is 7.66. The van der Waals surface area contributed by atoms with Gasteiger partial charge in [0.2, 0.25) is 5.91 Å². The largest absolute Gasteiger partial charge is 0.381 e. The number of nitrogens with zero attached hydrogens (tertiary/aromatic N) is 3. The van der Waals surface area contributed by atoms with Gasteiger partial charge < -0.3 is 9.64 Å². The first-order chi connectivity index (χ1) is 9.70. The molecule has 1 saturated heterocycles. The van der Waals surface area contributed by atoms with Gasteiger partial charge in [0.05, 0.1) is 11.7 Å². The first kappa shape index (κ1) is 13.6. The second-order valence-corrected chi connectivity index (χ2v) is 5.72. The van der Waals surface area contributed by atoms with Gasteiger partial charge in [-0.15, -0.1) is 0 Å². The Morgan fingerprint density at radius 1 is 1.40 bits per heavy atom. The first-order valence-electron chi connectivity index (χ1n) is 7.63. The highest BCUT2D eigenvalue weighted by Gasteiger charge is 2.28. The van der Waals surface area contributed by atoms with Crippen LogP contribution in [0.5, 0.6) is 0 Å². The van der Waals surface area contributed by atoms with Gasteiger partial charge in [0.25, 0.3) is 0 Å². The molecule has 20 heavy (non-hydrogen) atoms. The van der Waals surface area contributed by atoms with Crippen molar-refractivity contribution < 1.29 is 9.53 Å². The van der Waals surface area contributed by atoms with Crippen molar-refractivity contribution in [1.29, 1.82) is 0 Å². The minimum Gasteiger partial charge on any atom is -0.381 e. The Kier molecular flexibility index (Phi) is 3.78. The second kappa shape index (κ2) is 5.56. The number of carbonyl (C=O) groups excluding carboxylic acids is 1. The van der Waals surface area contributed by atoms with E-state index in [4.69, 9.17) is 9.84 Å². The lowest BCUT2D eigenvalue weighted by molar-refractivity contribution is -0.131.